The number of nitrogens with one attached hydrogen (secondary N) is 1. The molecule has 0 radical (unpaired) electrons. The second-order valence-electron chi connectivity index (χ2n) is 7.27. The van der Waals surface area contributed by atoms with Gasteiger partial charge in [0, 0.05) is 48.7 Å². The number of likely N-dealkylation sites (tertiary alicyclic amines) is 1. The van der Waals surface area contributed by atoms with E-state index < -0.39 is 0 Å². The van der Waals surface area contributed by atoms with E-state index in [-0.39, 0.29) is 18.4 Å². The molecule has 1 aromatic carbocycles. The number of carbonyl (C=O) groups excluding carboxylic acids is 1. The molecule has 1 aliphatic heterocycles. The molecule has 27 heavy (non-hydrogen) atoms. The Morgan fingerprint density at radius 1 is 1.30 bits per heavy atom. The van der Waals surface area contributed by atoms with Crippen molar-refractivity contribution < 1.29 is 9.90 Å². The molecule has 2 aromatic heterocycles. The molecular weight excluding hydrogens is 340 g/mol. The zero-order valence-electron chi connectivity index (χ0n) is 15.5. The molecule has 0 spiro atoms. The molecule has 6 nitrogen and oxygen atoms in total. The van der Waals surface area contributed by atoms with Gasteiger partial charge >= 0.3 is 0 Å². The summed E-state index contributed by atoms with van der Waals surface area (Å²) < 4.78 is 1.77. The molecule has 1 atom stereocenters. The Balaban J connectivity index is 1.36. The first-order valence-electron chi connectivity index (χ1n) is 9.71. The van der Waals surface area contributed by atoms with Gasteiger partial charge in [-0.2, -0.15) is 5.10 Å². The van der Waals surface area contributed by atoms with E-state index in [0.29, 0.717) is 13.0 Å². The number of aromatic amines is 1. The first-order valence-corrected chi connectivity index (χ1v) is 9.71. The summed E-state index contributed by atoms with van der Waals surface area (Å²) in [7, 11) is 0. The van der Waals surface area contributed by atoms with Crippen molar-refractivity contribution in [1.29, 1.82) is 0 Å². The Hall–Kier alpha value is -2.60. The van der Waals surface area contributed by atoms with Crippen LogP contribution in [0.1, 0.15) is 36.4 Å². The van der Waals surface area contributed by atoms with Crippen molar-refractivity contribution in [2.24, 2.45) is 0 Å². The SMILES string of the molecule is O=C(CCc1c[nH]c2ccccc12)N1CCC[C@@H](c2ccn(CCO)n2)C1. The second-order valence-corrected chi connectivity index (χ2v) is 7.27. The van der Waals surface area contributed by atoms with Crippen molar-refractivity contribution in [3.05, 3.63) is 54.0 Å². The molecule has 3 aromatic rings. The van der Waals surface area contributed by atoms with Crippen molar-refractivity contribution in [3.8, 4) is 0 Å². The minimum absolute atomic E-state index is 0.0875. The zero-order valence-corrected chi connectivity index (χ0v) is 15.5. The van der Waals surface area contributed by atoms with Gasteiger partial charge in [-0.25, -0.2) is 0 Å². The number of fused-ring (bicyclic) bond motifs is 1. The van der Waals surface area contributed by atoms with Crippen LogP contribution in [0.25, 0.3) is 10.9 Å². The Labute approximate surface area is 158 Å². The quantitative estimate of drug-likeness (QED) is 0.704. The van der Waals surface area contributed by atoms with Crippen molar-refractivity contribution in [3.63, 3.8) is 0 Å². The van der Waals surface area contributed by atoms with Gasteiger partial charge in [-0.3, -0.25) is 9.48 Å². The third-order valence-corrected chi connectivity index (χ3v) is 5.47. The Morgan fingerprint density at radius 3 is 3.07 bits per heavy atom. The monoisotopic (exact) mass is 366 g/mol. The van der Waals surface area contributed by atoms with Crippen LogP contribution in [0, 0.1) is 0 Å². The Kier molecular flexibility index (Phi) is 5.25. The normalized spacial score (nSPS) is 17.5. The molecule has 0 saturated carbocycles. The van der Waals surface area contributed by atoms with Crippen LogP contribution in [0.3, 0.4) is 0 Å². The molecule has 0 bridgehead atoms. The second kappa shape index (κ2) is 7.96. The Bertz CT molecular complexity index is 914. The number of rotatable bonds is 6. The number of nitrogens with zero attached hydrogens (tertiary/aromatic N) is 3. The van der Waals surface area contributed by atoms with Crippen LogP contribution in [0.2, 0.25) is 0 Å². The standard InChI is InChI=1S/C21H26N4O2/c26-13-12-25-11-9-19(23-25)17-4-3-10-24(15-17)21(27)8-7-16-14-22-20-6-2-1-5-18(16)20/h1-2,5-6,9,11,14,17,22,26H,3-4,7-8,10,12-13,15H2/t17-/m1/s1. The predicted molar refractivity (Wildman–Crippen MR) is 104 cm³/mol. The number of benzene rings is 1. The van der Waals surface area contributed by atoms with Gasteiger partial charge in [0.15, 0.2) is 0 Å². The molecule has 142 valence electrons. The third kappa shape index (κ3) is 3.90. The van der Waals surface area contributed by atoms with E-state index in [1.165, 1.54) is 10.9 Å². The number of carbonyl (C=O) groups is 1. The van der Waals surface area contributed by atoms with Crippen molar-refractivity contribution in [2.45, 2.75) is 38.1 Å². The fraction of sp³-hybridized carbons (Fsp3) is 0.429. The van der Waals surface area contributed by atoms with E-state index >= 15 is 0 Å². The summed E-state index contributed by atoms with van der Waals surface area (Å²) in [5.41, 5.74) is 3.35. The van der Waals surface area contributed by atoms with E-state index in [1.807, 2.05) is 35.5 Å². The van der Waals surface area contributed by atoms with Crippen molar-refractivity contribution in [2.75, 3.05) is 19.7 Å². The summed E-state index contributed by atoms with van der Waals surface area (Å²) in [6, 6.07) is 10.2. The summed E-state index contributed by atoms with van der Waals surface area (Å²) >= 11 is 0. The number of hydrogen-bond acceptors (Lipinski definition) is 3. The lowest BCUT2D eigenvalue weighted by atomic mass is 9.94. The van der Waals surface area contributed by atoms with Crippen molar-refractivity contribution in [1.82, 2.24) is 19.7 Å². The van der Waals surface area contributed by atoms with Gasteiger partial charge in [0.1, 0.15) is 0 Å². The molecule has 1 fully saturated rings. The first-order chi connectivity index (χ1) is 13.2. The summed E-state index contributed by atoms with van der Waals surface area (Å²) in [6.07, 6.45) is 7.29. The molecule has 1 amide bonds. The summed E-state index contributed by atoms with van der Waals surface area (Å²) in [5, 5.41) is 14.8. The molecule has 1 aliphatic rings. The lowest BCUT2D eigenvalue weighted by molar-refractivity contribution is -0.132. The first kappa shape index (κ1) is 17.8. The van der Waals surface area contributed by atoms with Gasteiger partial charge < -0.3 is 15.0 Å². The van der Waals surface area contributed by atoms with Crippen LogP contribution >= 0.6 is 0 Å². The number of aliphatic hydroxyl groups excluding tert-OH is 1. The van der Waals surface area contributed by atoms with E-state index in [2.05, 4.69) is 22.2 Å². The molecule has 3 heterocycles. The number of aliphatic hydroxyl groups is 1. The number of amides is 1. The average Bonchev–Trinajstić information content (AvgIpc) is 3.34. The summed E-state index contributed by atoms with van der Waals surface area (Å²) in [6.45, 7) is 2.17. The van der Waals surface area contributed by atoms with Gasteiger partial charge in [-0.1, -0.05) is 18.2 Å². The highest BCUT2D eigenvalue weighted by molar-refractivity contribution is 5.84. The number of piperidine rings is 1. The van der Waals surface area contributed by atoms with E-state index in [0.717, 1.165) is 43.6 Å². The van der Waals surface area contributed by atoms with Crippen LogP contribution in [0.15, 0.2) is 42.7 Å². The highest BCUT2D eigenvalue weighted by atomic mass is 16.3. The van der Waals surface area contributed by atoms with Crippen LogP contribution in [0.4, 0.5) is 0 Å². The fourth-order valence-electron chi connectivity index (χ4n) is 4.01. The maximum Gasteiger partial charge on any atom is 0.222 e. The van der Waals surface area contributed by atoms with E-state index in [9.17, 15) is 4.79 Å². The molecule has 1 saturated heterocycles. The lowest BCUT2D eigenvalue weighted by Gasteiger charge is -2.32. The largest absolute Gasteiger partial charge is 0.394 e. The topological polar surface area (TPSA) is 74.2 Å². The smallest absolute Gasteiger partial charge is 0.222 e. The van der Waals surface area contributed by atoms with Gasteiger partial charge in [-0.05, 0) is 37.0 Å². The average molecular weight is 366 g/mol. The lowest BCUT2D eigenvalue weighted by Crippen LogP contribution is -2.39. The molecule has 6 heteroatoms. The predicted octanol–water partition coefficient (Wildman–Crippen LogP) is 2.70. The number of H-pyrrole nitrogens is 1. The number of para-hydroxylation sites is 1. The minimum Gasteiger partial charge on any atom is -0.394 e. The van der Waals surface area contributed by atoms with Crippen LogP contribution in [-0.2, 0) is 17.8 Å². The van der Waals surface area contributed by atoms with E-state index in [1.54, 1.807) is 4.68 Å². The van der Waals surface area contributed by atoms with E-state index in [4.69, 9.17) is 5.11 Å². The number of aryl methyl sites for hydroxylation is 1. The van der Waals surface area contributed by atoms with Crippen LogP contribution in [-0.4, -0.2) is 50.4 Å². The van der Waals surface area contributed by atoms with Crippen molar-refractivity contribution >= 4 is 16.8 Å². The molecule has 4 rings (SSSR count). The fourth-order valence-corrected chi connectivity index (χ4v) is 4.01. The zero-order chi connectivity index (χ0) is 18.6. The molecule has 0 aliphatic carbocycles. The molecule has 0 unspecified atom stereocenters. The van der Waals surface area contributed by atoms with Gasteiger partial charge in [0.2, 0.25) is 5.91 Å². The third-order valence-electron chi connectivity index (χ3n) is 5.47. The highest BCUT2D eigenvalue weighted by Gasteiger charge is 2.26. The minimum atomic E-state index is 0.0875. The number of aromatic nitrogens is 3. The van der Waals surface area contributed by atoms with Crippen LogP contribution < -0.4 is 0 Å². The Morgan fingerprint density at radius 2 is 2.19 bits per heavy atom. The summed E-state index contributed by atoms with van der Waals surface area (Å²) in [4.78, 5) is 18.0. The van der Waals surface area contributed by atoms with Gasteiger partial charge in [0.05, 0.1) is 18.8 Å². The number of hydrogen-bond donors (Lipinski definition) is 2. The molecule has 2 N–H and O–H groups in total. The van der Waals surface area contributed by atoms with Crippen LogP contribution in [0.5, 0.6) is 0 Å². The summed E-state index contributed by atoms with van der Waals surface area (Å²) in [5.74, 6) is 0.510. The van der Waals surface area contributed by atoms with Gasteiger partial charge in [0.25, 0.3) is 0 Å². The van der Waals surface area contributed by atoms with Gasteiger partial charge in [-0.15, -0.1) is 0 Å². The maximum atomic E-state index is 12.8. The molecular formula is C21H26N4O2. The highest BCUT2D eigenvalue weighted by Crippen LogP contribution is 2.26. The maximum absolute atomic E-state index is 12.8.